The molecule has 0 spiro atoms. The normalized spacial score (nSPS) is 17.3. The van der Waals surface area contributed by atoms with E-state index in [1.165, 1.54) is 35.5 Å². The number of allylic oxidation sites excluding steroid dienone is 11. The second kappa shape index (κ2) is 10.8. The zero-order chi connectivity index (χ0) is 23.0. The van der Waals surface area contributed by atoms with Gasteiger partial charge in [-0.1, -0.05) is 68.0 Å². The number of rotatable bonds is 7. The molecular formula is C28H34O3. The number of ether oxygens (including phenoxy) is 2. The molecule has 0 unspecified atom stereocenters. The summed E-state index contributed by atoms with van der Waals surface area (Å²) in [5.74, 6) is 0.528. The van der Waals surface area contributed by atoms with E-state index in [0.717, 1.165) is 23.3 Å². The maximum absolute atomic E-state index is 11.3. The molecule has 2 rings (SSSR count). The SMILES string of the molecule is COC(=O)\C=C(C)/C=C/C=C(C)/C=C/C1=C(C)C(c2cccc(OC)c2)=CCC1(C)C. The summed E-state index contributed by atoms with van der Waals surface area (Å²) in [6.45, 7) is 10.7. The molecule has 0 heterocycles. The lowest BCUT2D eigenvalue weighted by atomic mass is 9.72. The van der Waals surface area contributed by atoms with Gasteiger partial charge in [0.2, 0.25) is 0 Å². The number of hydrogen-bond acceptors (Lipinski definition) is 3. The Balaban J connectivity index is 2.27. The van der Waals surface area contributed by atoms with E-state index in [1.807, 2.05) is 37.3 Å². The highest BCUT2D eigenvalue weighted by Crippen LogP contribution is 2.43. The van der Waals surface area contributed by atoms with Crippen LogP contribution in [0.2, 0.25) is 0 Å². The summed E-state index contributed by atoms with van der Waals surface area (Å²) in [6.07, 6.45) is 15.1. The lowest BCUT2D eigenvalue weighted by Gasteiger charge is -2.32. The second-order valence-electron chi connectivity index (χ2n) is 8.49. The number of methoxy groups -OCH3 is 2. The first kappa shape index (κ1) is 24.2. The van der Waals surface area contributed by atoms with Crippen LogP contribution in [-0.2, 0) is 9.53 Å². The van der Waals surface area contributed by atoms with Crippen LogP contribution in [0.15, 0.2) is 89.1 Å². The molecule has 0 aliphatic heterocycles. The molecule has 1 aromatic rings. The summed E-state index contributed by atoms with van der Waals surface area (Å²) < 4.78 is 10.1. The van der Waals surface area contributed by atoms with Gasteiger partial charge in [0.25, 0.3) is 0 Å². The van der Waals surface area contributed by atoms with Gasteiger partial charge in [0.05, 0.1) is 14.2 Å². The first-order valence-electron chi connectivity index (χ1n) is 10.5. The molecule has 0 atom stereocenters. The summed E-state index contributed by atoms with van der Waals surface area (Å²) in [5.41, 5.74) is 7.13. The first-order valence-corrected chi connectivity index (χ1v) is 10.5. The number of carbonyl (C=O) groups is 1. The maximum atomic E-state index is 11.3. The minimum Gasteiger partial charge on any atom is -0.497 e. The number of hydrogen-bond donors (Lipinski definition) is 0. The van der Waals surface area contributed by atoms with E-state index in [4.69, 9.17) is 4.74 Å². The summed E-state index contributed by atoms with van der Waals surface area (Å²) in [4.78, 5) is 11.3. The van der Waals surface area contributed by atoms with Gasteiger partial charge in [-0.25, -0.2) is 4.79 Å². The van der Waals surface area contributed by atoms with Crippen LogP contribution in [0.3, 0.4) is 0 Å². The van der Waals surface area contributed by atoms with Crippen molar-refractivity contribution in [3.05, 3.63) is 94.7 Å². The largest absolute Gasteiger partial charge is 0.497 e. The molecule has 0 N–H and O–H groups in total. The Kier molecular flexibility index (Phi) is 8.44. The van der Waals surface area contributed by atoms with E-state index in [2.05, 4.69) is 62.8 Å². The molecule has 0 aromatic heterocycles. The predicted molar refractivity (Wildman–Crippen MR) is 130 cm³/mol. The predicted octanol–water partition coefficient (Wildman–Crippen LogP) is 7.00. The van der Waals surface area contributed by atoms with Crippen LogP contribution >= 0.6 is 0 Å². The van der Waals surface area contributed by atoms with E-state index in [-0.39, 0.29) is 11.4 Å². The van der Waals surface area contributed by atoms with Crippen molar-refractivity contribution >= 4 is 11.5 Å². The van der Waals surface area contributed by atoms with Crippen LogP contribution in [0.5, 0.6) is 5.75 Å². The Bertz CT molecular complexity index is 995. The van der Waals surface area contributed by atoms with E-state index in [9.17, 15) is 4.79 Å². The Morgan fingerprint density at radius 2 is 1.84 bits per heavy atom. The van der Waals surface area contributed by atoms with Crippen LogP contribution in [0.25, 0.3) is 5.57 Å². The topological polar surface area (TPSA) is 35.5 Å². The van der Waals surface area contributed by atoms with Gasteiger partial charge >= 0.3 is 5.97 Å². The van der Waals surface area contributed by atoms with Gasteiger partial charge < -0.3 is 9.47 Å². The number of esters is 1. The minimum atomic E-state index is -0.343. The molecule has 0 bridgehead atoms. The highest BCUT2D eigenvalue weighted by Gasteiger charge is 2.27. The van der Waals surface area contributed by atoms with Crippen molar-refractivity contribution in [1.29, 1.82) is 0 Å². The zero-order valence-corrected chi connectivity index (χ0v) is 19.8. The summed E-state index contributed by atoms with van der Waals surface area (Å²) in [6, 6.07) is 8.24. The molecular weight excluding hydrogens is 384 g/mol. The third kappa shape index (κ3) is 6.71. The molecule has 0 fully saturated rings. The molecule has 0 radical (unpaired) electrons. The average molecular weight is 419 g/mol. The molecule has 1 aliphatic rings. The van der Waals surface area contributed by atoms with Crippen LogP contribution < -0.4 is 4.74 Å². The average Bonchev–Trinajstić information content (AvgIpc) is 2.73. The minimum absolute atomic E-state index is 0.0684. The van der Waals surface area contributed by atoms with E-state index in [0.29, 0.717) is 0 Å². The summed E-state index contributed by atoms with van der Waals surface area (Å²) in [7, 11) is 3.08. The lowest BCUT2D eigenvalue weighted by Crippen LogP contribution is -2.18. The van der Waals surface area contributed by atoms with Gasteiger partial charge in [0.15, 0.2) is 0 Å². The van der Waals surface area contributed by atoms with Crippen molar-refractivity contribution in [1.82, 2.24) is 0 Å². The Hall–Kier alpha value is -3.07. The first-order chi connectivity index (χ1) is 14.7. The van der Waals surface area contributed by atoms with Gasteiger partial charge in [0, 0.05) is 6.08 Å². The molecule has 1 aliphatic carbocycles. The van der Waals surface area contributed by atoms with E-state index in [1.54, 1.807) is 7.11 Å². The monoisotopic (exact) mass is 418 g/mol. The van der Waals surface area contributed by atoms with Gasteiger partial charge in [-0.3, -0.25) is 0 Å². The standard InChI is InChI=1S/C28H34O3/c1-20(10-8-11-21(2)18-27(29)31-7)14-15-26-22(3)25(16-17-28(26,4)5)23-12-9-13-24(19-23)30-6/h8-16,18-19H,17H2,1-7H3/b11-8+,15-14+,20-10+,21-18-. The molecule has 1 aromatic carbocycles. The van der Waals surface area contributed by atoms with Crippen LogP contribution in [0, 0.1) is 5.41 Å². The highest BCUT2D eigenvalue weighted by molar-refractivity contribution is 5.83. The fourth-order valence-electron chi connectivity index (χ4n) is 3.66. The summed E-state index contributed by atoms with van der Waals surface area (Å²) in [5, 5.41) is 0. The number of benzene rings is 1. The Morgan fingerprint density at radius 3 is 2.52 bits per heavy atom. The Morgan fingerprint density at radius 1 is 1.10 bits per heavy atom. The van der Waals surface area contributed by atoms with Crippen molar-refractivity contribution in [2.45, 2.75) is 41.0 Å². The zero-order valence-electron chi connectivity index (χ0n) is 19.8. The van der Waals surface area contributed by atoms with Crippen LogP contribution in [-0.4, -0.2) is 20.2 Å². The molecule has 0 amide bonds. The lowest BCUT2D eigenvalue weighted by molar-refractivity contribution is -0.134. The van der Waals surface area contributed by atoms with Gasteiger partial charge in [-0.15, -0.1) is 0 Å². The third-order valence-electron chi connectivity index (χ3n) is 5.51. The quantitative estimate of drug-likeness (QED) is 0.272. The summed E-state index contributed by atoms with van der Waals surface area (Å²) >= 11 is 0. The fraction of sp³-hybridized carbons (Fsp3) is 0.321. The van der Waals surface area contributed by atoms with Gasteiger partial charge in [-0.05, 0) is 72.6 Å². The molecule has 3 heteroatoms. The van der Waals surface area contributed by atoms with Gasteiger partial charge in [-0.2, -0.15) is 0 Å². The van der Waals surface area contributed by atoms with E-state index >= 15 is 0 Å². The van der Waals surface area contributed by atoms with Crippen molar-refractivity contribution < 1.29 is 14.3 Å². The van der Waals surface area contributed by atoms with Crippen molar-refractivity contribution in [3.8, 4) is 5.75 Å². The second-order valence-corrected chi connectivity index (χ2v) is 8.49. The van der Waals surface area contributed by atoms with E-state index < -0.39 is 0 Å². The molecule has 0 saturated heterocycles. The smallest absolute Gasteiger partial charge is 0.330 e. The third-order valence-corrected chi connectivity index (χ3v) is 5.51. The maximum Gasteiger partial charge on any atom is 0.330 e. The van der Waals surface area contributed by atoms with Crippen LogP contribution in [0.4, 0.5) is 0 Å². The highest BCUT2D eigenvalue weighted by atomic mass is 16.5. The fourth-order valence-corrected chi connectivity index (χ4v) is 3.66. The van der Waals surface area contributed by atoms with Crippen LogP contribution in [0.1, 0.15) is 46.6 Å². The molecule has 31 heavy (non-hydrogen) atoms. The number of carbonyl (C=O) groups excluding carboxylic acids is 1. The van der Waals surface area contributed by atoms with Gasteiger partial charge in [0.1, 0.15) is 5.75 Å². The van der Waals surface area contributed by atoms with Crippen molar-refractivity contribution in [2.24, 2.45) is 5.41 Å². The molecule has 164 valence electrons. The molecule has 0 saturated carbocycles. The van der Waals surface area contributed by atoms with Crippen molar-refractivity contribution in [3.63, 3.8) is 0 Å². The Labute approximate surface area is 187 Å². The van der Waals surface area contributed by atoms with Crippen molar-refractivity contribution in [2.75, 3.05) is 14.2 Å². The molecule has 3 nitrogen and oxygen atoms in total.